The highest BCUT2D eigenvalue weighted by molar-refractivity contribution is 5.79. The third-order valence-corrected chi connectivity index (χ3v) is 8.50. The second kappa shape index (κ2) is 6.20. The zero-order valence-corrected chi connectivity index (χ0v) is 16.1. The molecule has 3 heteroatoms. The molecule has 0 aromatic carbocycles. The van der Waals surface area contributed by atoms with Crippen molar-refractivity contribution < 1.29 is 14.6 Å². The van der Waals surface area contributed by atoms with Crippen molar-refractivity contribution in [2.75, 3.05) is 13.7 Å². The van der Waals surface area contributed by atoms with E-state index in [0.717, 1.165) is 49.9 Å². The van der Waals surface area contributed by atoms with E-state index in [1.807, 2.05) is 0 Å². The summed E-state index contributed by atoms with van der Waals surface area (Å²) in [5.41, 5.74) is 1.08. The van der Waals surface area contributed by atoms with Gasteiger partial charge in [0, 0.05) is 13.0 Å². The van der Waals surface area contributed by atoms with Crippen LogP contribution >= 0.6 is 0 Å². The molecule has 4 aliphatic carbocycles. The van der Waals surface area contributed by atoms with Gasteiger partial charge in [0.1, 0.15) is 5.78 Å². The predicted molar refractivity (Wildman–Crippen MR) is 98.1 cm³/mol. The minimum Gasteiger partial charge on any atom is -0.387 e. The van der Waals surface area contributed by atoms with Crippen molar-refractivity contribution in [3.05, 3.63) is 11.6 Å². The first-order valence-electron chi connectivity index (χ1n) is 10.3. The average molecular weight is 347 g/mol. The first kappa shape index (κ1) is 17.7. The molecular formula is C22H34O3. The molecule has 7 atom stereocenters. The van der Waals surface area contributed by atoms with E-state index in [1.54, 1.807) is 14.0 Å². The van der Waals surface area contributed by atoms with E-state index in [9.17, 15) is 9.90 Å². The lowest BCUT2D eigenvalue weighted by Gasteiger charge is -2.54. The maximum atomic E-state index is 12.2. The number of aliphatic hydroxyl groups is 1. The molecule has 0 aliphatic heterocycles. The van der Waals surface area contributed by atoms with Crippen LogP contribution in [-0.4, -0.2) is 30.2 Å². The standard InChI is InChI=1S/C22H34O3/c1-14(23)19-6-7-20-18-5-4-15-12-22(24,13-25-3)11-9-16(15)17(18)8-10-21(19,20)2/h4,16-20,24H,5-13H2,1-3H3/t16-,17+,18+,19+,20-,21?,22+/m0/s1. The lowest BCUT2D eigenvalue weighted by molar-refractivity contribution is -0.127. The first-order valence-corrected chi connectivity index (χ1v) is 10.3. The van der Waals surface area contributed by atoms with Gasteiger partial charge in [0.25, 0.3) is 0 Å². The van der Waals surface area contributed by atoms with Gasteiger partial charge < -0.3 is 9.84 Å². The number of fused-ring (bicyclic) bond motifs is 5. The zero-order valence-electron chi connectivity index (χ0n) is 16.1. The summed E-state index contributed by atoms with van der Waals surface area (Å²) in [6.45, 7) is 4.66. The Morgan fingerprint density at radius 1 is 1.24 bits per heavy atom. The molecule has 3 fully saturated rings. The van der Waals surface area contributed by atoms with Crippen LogP contribution < -0.4 is 0 Å². The molecule has 140 valence electrons. The topological polar surface area (TPSA) is 46.5 Å². The highest BCUT2D eigenvalue weighted by Crippen LogP contribution is 2.63. The van der Waals surface area contributed by atoms with Crippen molar-refractivity contribution in [2.24, 2.45) is 35.0 Å². The maximum absolute atomic E-state index is 12.2. The van der Waals surface area contributed by atoms with Crippen LogP contribution in [0.1, 0.15) is 65.2 Å². The van der Waals surface area contributed by atoms with Gasteiger partial charge in [0.2, 0.25) is 0 Å². The minimum atomic E-state index is -0.653. The number of ketones is 1. The number of allylic oxidation sites excluding steroid dienone is 1. The molecule has 0 bridgehead atoms. The molecule has 3 saturated carbocycles. The SMILES string of the molecule is COC[C@@]1(O)CC[C@H]2C(=CC[C@@H]3[C@@H]2CCC2(C)[C@@H](C(C)=O)CC[C@@H]32)C1. The van der Waals surface area contributed by atoms with E-state index >= 15 is 0 Å². The van der Waals surface area contributed by atoms with Crippen LogP contribution in [-0.2, 0) is 9.53 Å². The predicted octanol–water partition coefficient (Wildman–Crippen LogP) is 4.14. The monoisotopic (exact) mass is 346 g/mol. The Hall–Kier alpha value is -0.670. The largest absolute Gasteiger partial charge is 0.387 e. The van der Waals surface area contributed by atoms with Gasteiger partial charge in [0.05, 0.1) is 12.2 Å². The molecule has 4 aliphatic rings. The quantitative estimate of drug-likeness (QED) is 0.781. The number of methoxy groups -OCH3 is 1. The van der Waals surface area contributed by atoms with Crippen molar-refractivity contribution in [1.82, 2.24) is 0 Å². The number of Topliss-reactive ketones (excluding diaryl/α,β-unsaturated/α-hetero) is 1. The van der Waals surface area contributed by atoms with Crippen LogP contribution in [0.5, 0.6) is 0 Å². The van der Waals surface area contributed by atoms with E-state index in [4.69, 9.17) is 4.74 Å². The normalized spacial score (nSPS) is 49.0. The molecule has 0 amide bonds. The second-order valence-corrected chi connectivity index (χ2v) is 9.71. The molecule has 0 spiro atoms. The van der Waals surface area contributed by atoms with Crippen LogP contribution in [0.3, 0.4) is 0 Å². The second-order valence-electron chi connectivity index (χ2n) is 9.71. The van der Waals surface area contributed by atoms with Gasteiger partial charge in [-0.15, -0.1) is 0 Å². The Labute approximate surface area is 152 Å². The lowest BCUT2D eigenvalue weighted by Crippen LogP contribution is -2.49. The Morgan fingerprint density at radius 2 is 2.04 bits per heavy atom. The van der Waals surface area contributed by atoms with Gasteiger partial charge in [0.15, 0.2) is 0 Å². The smallest absolute Gasteiger partial charge is 0.133 e. The molecule has 4 rings (SSSR count). The first-order chi connectivity index (χ1) is 11.9. The van der Waals surface area contributed by atoms with E-state index in [0.29, 0.717) is 24.2 Å². The van der Waals surface area contributed by atoms with Gasteiger partial charge in [-0.25, -0.2) is 0 Å². The number of ether oxygens (including phenoxy) is 1. The molecule has 0 aromatic heterocycles. The summed E-state index contributed by atoms with van der Waals surface area (Å²) < 4.78 is 5.27. The van der Waals surface area contributed by atoms with E-state index in [2.05, 4.69) is 13.0 Å². The molecule has 3 nitrogen and oxygen atoms in total. The van der Waals surface area contributed by atoms with Crippen LogP contribution in [0, 0.1) is 35.0 Å². The molecular weight excluding hydrogens is 312 g/mol. The Balaban J connectivity index is 1.56. The van der Waals surface area contributed by atoms with E-state index < -0.39 is 5.60 Å². The zero-order chi connectivity index (χ0) is 17.8. The van der Waals surface area contributed by atoms with Crippen LogP contribution in [0.25, 0.3) is 0 Å². The summed E-state index contributed by atoms with van der Waals surface area (Å²) in [7, 11) is 1.68. The van der Waals surface area contributed by atoms with E-state index in [-0.39, 0.29) is 5.41 Å². The lowest BCUT2D eigenvalue weighted by atomic mass is 9.51. The summed E-state index contributed by atoms with van der Waals surface area (Å²) in [5.74, 6) is 3.62. The highest BCUT2D eigenvalue weighted by Gasteiger charge is 2.57. The van der Waals surface area contributed by atoms with Crippen LogP contribution in [0.2, 0.25) is 0 Å². The van der Waals surface area contributed by atoms with Crippen molar-refractivity contribution in [3.8, 4) is 0 Å². The van der Waals surface area contributed by atoms with Gasteiger partial charge >= 0.3 is 0 Å². The molecule has 1 unspecified atom stereocenters. The Morgan fingerprint density at radius 3 is 2.76 bits per heavy atom. The van der Waals surface area contributed by atoms with Gasteiger partial charge in [-0.1, -0.05) is 18.6 Å². The fraction of sp³-hybridized carbons (Fsp3) is 0.864. The van der Waals surface area contributed by atoms with Crippen molar-refractivity contribution in [1.29, 1.82) is 0 Å². The Kier molecular flexibility index (Phi) is 4.39. The van der Waals surface area contributed by atoms with Gasteiger partial charge in [-0.3, -0.25) is 4.79 Å². The van der Waals surface area contributed by atoms with E-state index in [1.165, 1.54) is 24.8 Å². The minimum absolute atomic E-state index is 0.240. The summed E-state index contributed by atoms with van der Waals surface area (Å²) in [5, 5.41) is 10.8. The number of rotatable bonds is 3. The molecule has 0 radical (unpaired) electrons. The van der Waals surface area contributed by atoms with Crippen molar-refractivity contribution in [3.63, 3.8) is 0 Å². The third kappa shape index (κ3) is 2.73. The number of hydrogen-bond donors (Lipinski definition) is 1. The summed E-state index contributed by atoms with van der Waals surface area (Å²) in [6.07, 6.45) is 11.2. The number of carbonyl (C=O) groups is 1. The van der Waals surface area contributed by atoms with Gasteiger partial charge in [-0.2, -0.15) is 0 Å². The average Bonchev–Trinajstić information content (AvgIpc) is 2.91. The van der Waals surface area contributed by atoms with Gasteiger partial charge in [-0.05, 0) is 87.4 Å². The number of hydrogen-bond acceptors (Lipinski definition) is 3. The fourth-order valence-corrected chi connectivity index (χ4v) is 7.42. The molecule has 0 saturated heterocycles. The molecule has 25 heavy (non-hydrogen) atoms. The number of carbonyl (C=O) groups excluding carboxylic acids is 1. The van der Waals surface area contributed by atoms with Crippen molar-refractivity contribution >= 4 is 5.78 Å². The molecule has 0 aromatic rings. The molecule has 1 N–H and O–H groups in total. The van der Waals surface area contributed by atoms with Crippen LogP contribution in [0.4, 0.5) is 0 Å². The highest BCUT2D eigenvalue weighted by atomic mass is 16.5. The third-order valence-electron chi connectivity index (χ3n) is 8.50. The van der Waals surface area contributed by atoms with Crippen molar-refractivity contribution in [2.45, 2.75) is 70.8 Å². The summed E-state index contributed by atoms with van der Waals surface area (Å²) in [4.78, 5) is 12.2. The summed E-state index contributed by atoms with van der Waals surface area (Å²) >= 11 is 0. The molecule has 0 heterocycles. The van der Waals surface area contributed by atoms with Crippen LogP contribution in [0.15, 0.2) is 11.6 Å². The fourth-order valence-electron chi connectivity index (χ4n) is 7.42. The Bertz CT molecular complexity index is 582. The maximum Gasteiger partial charge on any atom is 0.133 e. The summed E-state index contributed by atoms with van der Waals surface area (Å²) in [6, 6.07) is 0.